The molecule has 4 heteroatoms. The van der Waals surface area contributed by atoms with Gasteiger partial charge in [-0.25, -0.2) is 0 Å². The molecule has 0 amide bonds. The summed E-state index contributed by atoms with van der Waals surface area (Å²) in [6, 6.07) is 0. The molecule has 0 saturated carbocycles. The molecule has 0 atom stereocenters. The standard InChI is InChI=1S/Ba.Co.H2O.Zr.2H/h;;1H2;;;. The Balaban J connectivity index is 0. The SMILES string of the molecule is O.[BaH2].[Co].[Zr]. The van der Waals surface area contributed by atoms with E-state index in [1.807, 2.05) is 0 Å². The maximum atomic E-state index is 0. The van der Waals surface area contributed by atoms with Gasteiger partial charge in [-0.1, -0.05) is 0 Å². The van der Waals surface area contributed by atoms with Crippen molar-refractivity contribution >= 4 is 48.9 Å². The van der Waals surface area contributed by atoms with Crippen molar-refractivity contribution in [3.8, 4) is 0 Å². The summed E-state index contributed by atoms with van der Waals surface area (Å²) >= 11 is 0. The molecule has 0 spiro atoms. The minimum atomic E-state index is 0. The summed E-state index contributed by atoms with van der Waals surface area (Å²) in [5.74, 6) is 0. The molecule has 0 saturated heterocycles. The molecule has 0 heterocycles. The van der Waals surface area contributed by atoms with Gasteiger partial charge >= 0.3 is 48.9 Å². The van der Waals surface area contributed by atoms with Gasteiger partial charge < -0.3 is 5.48 Å². The van der Waals surface area contributed by atoms with E-state index in [4.69, 9.17) is 0 Å². The van der Waals surface area contributed by atoms with Gasteiger partial charge in [-0.2, -0.15) is 0 Å². The number of hydrogen-bond donors (Lipinski definition) is 0. The second-order valence-corrected chi connectivity index (χ2v) is 0. The molecule has 0 aromatic rings. The summed E-state index contributed by atoms with van der Waals surface area (Å²) in [7, 11) is 0. The molecule has 0 aliphatic carbocycles. The first kappa shape index (κ1) is 28.4. The molecule has 1 nitrogen and oxygen atoms in total. The summed E-state index contributed by atoms with van der Waals surface area (Å²) in [6.45, 7) is 0. The van der Waals surface area contributed by atoms with Crippen LogP contribution in [0.2, 0.25) is 0 Å². The zero-order valence-electron chi connectivity index (χ0n) is 1.33. The second-order valence-electron chi connectivity index (χ2n) is 0. The van der Waals surface area contributed by atoms with Crippen LogP contribution < -0.4 is 0 Å². The van der Waals surface area contributed by atoms with Crippen molar-refractivity contribution in [1.29, 1.82) is 0 Å². The average Bonchev–Trinajstić information content (AvgIpc) is 0. The van der Waals surface area contributed by atoms with E-state index in [2.05, 4.69) is 0 Å². The van der Waals surface area contributed by atoms with E-state index < -0.39 is 0 Å². The third-order valence-corrected chi connectivity index (χ3v) is 0. The average molecular weight is 308 g/mol. The van der Waals surface area contributed by atoms with E-state index in [0.29, 0.717) is 0 Å². The van der Waals surface area contributed by atoms with Crippen LogP contribution in [0, 0.1) is 0 Å². The van der Waals surface area contributed by atoms with Crippen molar-refractivity contribution in [2.24, 2.45) is 0 Å². The van der Waals surface area contributed by atoms with Gasteiger partial charge in [0.05, 0.1) is 0 Å². The van der Waals surface area contributed by atoms with Gasteiger partial charge in [0.2, 0.25) is 0 Å². The molecule has 0 aliphatic rings. The van der Waals surface area contributed by atoms with Gasteiger partial charge in [0.1, 0.15) is 0 Å². The normalized spacial score (nSPS) is 0. The second kappa shape index (κ2) is 16.8. The van der Waals surface area contributed by atoms with Crippen LogP contribution in [0.1, 0.15) is 0 Å². The zero-order chi connectivity index (χ0) is 0. The molecule has 0 unspecified atom stereocenters. The van der Waals surface area contributed by atoms with Gasteiger partial charge in [0.25, 0.3) is 0 Å². The predicted octanol–water partition coefficient (Wildman–Crippen LogP) is -1.75. The van der Waals surface area contributed by atoms with E-state index >= 15 is 0 Å². The summed E-state index contributed by atoms with van der Waals surface area (Å²) < 4.78 is 0. The van der Waals surface area contributed by atoms with Gasteiger partial charge in [0, 0.05) is 43.0 Å². The van der Waals surface area contributed by atoms with Crippen molar-refractivity contribution in [2.45, 2.75) is 0 Å². The topological polar surface area (TPSA) is 31.5 Å². The van der Waals surface area contributed by atoms with Crippen LogP contribution in [0.5, 0.6) is 0 Å². The van der Waals surface area contributed by atoms with Crippen molar-refractivity contribution in [1.82, 2.24) is 0 Å². The Morgan fingerprint density at radius 1 is 1.00 bits per heavy atom. The van der Waals surface area contributed by atoms with Crippen molar-refractivity contribution < 1.29 is 48.5 Å². The quantitative estimate of drug-likeness (QED) is 0.476. The Labute approximate surface area is 95.0 Å². The molecule has 25 valence electrons. The van der Waals surface area contributed by atoms with Crippen LogP contribution in [0.15, 0.2) is 0 Å². The minimum absolute atomic E-state index is 0. The smallest absolute Gasteiger partial charge is 0 e. The van der Waals surface area contributed by atoms with E-state index in [1.54, 1.807) is 0 Å². The van der Waals surface area contributed by atoms with Gasteiger partial charge in [-0.15, -0.1) is 0 Å². The van der Waals surface area contributed by atoms with Crippen LogP contribution in [0.25, 0.3) is 0 Å². The van der Waals surface area contributed by atoms with E-state index in [9.17, 15) is 0 Å². The Kier molecular flexibility index (Phi) is 119. The summed E-state index contributed by atoms with van der Waals surface area (Å²) in [5.41, 5.74) is 0. The predicted molar refractivity (Wildman–Crippen MR) is 12.2 cm³/mol. The first-order valence-corrected chi connectivity index (χ1v) is 0. The third-order valence-electron chi connectivity index (χ3n) is 0. The van der Waals surface area contributed by atoms with E-state index in [0.717, 1.165) is 0 Å². The summed E-state index contributed by atoms with van der Waals surface area (Å²) in [6.07, 6.45) is 0. The van der Waals surface area contributed by atoms with Crippen LogP contribution in [0.4, 0.5) is 0 Å². The Morgan fingerprint density at radius 2 is 1.00 bits per heavy atom. The molecule has 2 N–H and O–H groups in total. The maximum Gasteiger partial charge on any atom is 0 e. The molecular weight excluding hydrogens is 303 g/mol. The first-order valence-electron chi connectivity index (χ1n) is 0. The Bertz CT molecular complexity index is 8.00. The first-order chi connectivity index (χ1) is 0. The fraction of sp³-hybridized carbons (Fsp3) is 0. The minimum Gasteiger partial charge on any atom is 0 e. The third kappa shape index (κ3) is 8.87. The van der Waals surface area contributed by atoms with Gasteiger partial charge in [-0.3, -0.25) is 0 Å². The molecule has 0 aliphatic heterocycles. The fourth-order valence-corrected chi connectivity index (χ4v) is 0. The largest absolute Gasteiger partial charge is 0 e. The van der Waals surface area contributed by atoms with Crippen LogP contribution >= 0.6 is 0 Å². The molecule has 0 aromatic carbocycles. The van der Waals surface area contributed by atoms with Crippen LogP contribution in [-0.2, 0) is 43.0 Å². The molecule has 4 heavy (non-hydrogen) atoms. The van der Waals surface area contributed by atoms with Gasteiger partial charge in [0.15, 0.2) is 0 Å². The molecular formula is H4BaCoOZr. The summed E-state index contributed by atoms with van der Waals surface area (Å²) in [5, 5.41) is 0. The Morgan fingerprint density at radius 3 is 1.00 bits per heavy atom. The fourth-order valence-electron chi connectivity index (χ4n) is 0. The molecule has 0 fully saturated rings. The Hall–Kier alpha value is 2.92. The maximum absolute atomic E-state index is 0. The van der Waals surface area contributed by atoms with Crippen molar-refractivity contribution in [2.75, 3.05) is 0 Å². The van der Waals surface area contributed by atoms with Crippen molar-refractivity contribution in [3.63, 3.8) is 0 Å². The molecule has 0 bridgehead atoms. The molecule has 0 aromatic heterocycles. The monoisotopic (exact) mass is 307 g/mol. The van der Waals surface area contributed by atoms with Crippen LogP contribution in [0.3, 0.4) is 0 Å². The van der Waals surface area contributed by atoms with E-state index in [-0.39, 0.29) is 97.3 Å². The number of hydrogen-bond acceptors (Lipinski definition) is 0. The molecule has 0 rings (SSSR count). The van der Waals surface area contributed by atoms with E-state index in [1.165, 1.54) is 0 Å². The van der Waals surface area contributed by atoms with Crippen LogP contribution in [-0.4, -0.2) is 54.4 Å². The molecule has 1 radical (unpaired) electrons. The van der Waals surface area contributed by atoms with Gasteiger partial charge in [-0.05, 0) is 0 Å². The van der Waals surface area contributed by atoms with Crippen molar-refractivity contribution in [3.05, 3.63) is 0 Å². The summed E-state index contributed by atoms with van der Waals surface area (Å²) in [4.78, 5) is 0. The zero-order valence-corrected chi connectivity index (χ0v) is 4.83. The number of rotatable bonds is 0.